The number of hydrogen-bond acceptors (Lipinski definition) is 5. The van der Waals surface area contributed by atoms with E-state index in [1.165, 1.54) is 23.8 Å². The van der Waals surface area contributed by atoms with Crippen LogP contribution in [0.5, 0.6) is 23.0 Å². The molecule has 6 heteroatoms. The van der Waals surface area contributed by atoms with Crippen molar-refractivity contribution in [3.63, 3.8) is 0 Å². The minimum atomic E-state index is -1.00. The fraction of sp³-hybridized carbons (Fsp3) is 0.296. The second-order valence-corrected chi connectivity index (χ2v) is 7.66. The van der Waals surface area contributed by atoms with Crippen LogP contribution in [0.15, 0.2) is 54.6 Å². The Bertz CT molecular complexity index is 1090. The molecule has 1 N–H and O–H groups in total. The van der Waals surface area contributed by atoms with E-state index >= 15 is 0 Å². The van der Waals surface area contributed by atoms with Crippen molar-refractivity contribution in [3.05, 3.63) is 82.4 Å². The minimum Gasteiger partial charge on any atom is -0.497 e. The maximum atomic E-state index is 11.4. The summed E-state index contributed by atoms with van der Waals surface area (Å²) in [6, 6.07) is 17.4. The standard InChI is InChI=1S/C27H30O6/c1-30-22-12-7-18(8-13-22)5-10-20-16-25(32-3)26(33-4)17-21(20)11-6-19-9-14-23(27(28)29)24(15-19)31-2/h7-9,12-17H,5-6,10-11H2,1-4H3,(H,28,29). The first-order valence-electron chi connectivity index (χ1n) is 10.8. The Morgan fingerprint density at radius 3 is 1.64 bits per heavy atom. The first kappa shape index (κ1) is 24.0. The number of aromatic carboxylic acids is 1. The van der Waals surface area contributed by atoms with Crippen molar-refractivity contribution in [2.45, 2.75) is 25.7 Å². The fourth-order valence-electron chi connectivity index (χ4n) is 3.85. The van der Waals surface area contributed by atoms with Gasteiger partial charge in [-0.15, -0.1) is 0 Å². The maximum Gasteiger partial charge on any atom is 0.339 e. The number of hydrogen-bond donors (Lipinski definition) is 1. The second kappa shape index (κ2) is 11.3. The van der Waals surface area contributed by atoms with Gasteiger partial charge in [0.05, 0.1) is 28.4 Å². The van der Waals surface area contributed by atoms with Crippen LogP contribution < -0.4 is 18.9 Å². The Morgan fingerprint density at radius 2 is 1.15 bits per heavy atom. The average Bonchev–Trinajstić information content (AvgIpc) is 2.85. The topological polar surface area (TPSA) is 74.2 Å². The molecule has 0 unspecified atom stereocenters. The summed E-state index contributed by atoms with van der Waals surface area (Å²) < 4.78 is 21.6. The van der Waals surface area contributed by atoms with Gasteiger partial charge >= 0.3 is 5.97 Å². The molecule has 3 aromatic rings. The smallest absolute Gasteiger partial charge is 0.339 e. The molecule has 0 aliphatic heterocycles. The zero-order valence-corrected chi connectivity index (χ0v) is 19.5. The van der Waals surface area contributed by atoms with Crippen molar-refractivity contribution in [1.82, 2.24) is 0 Å². The summed E-state index contributed by atoms with van der Waals surface area (Å²) in [6.45, 7) is 0. The molecule has 0 amide bonds. The zero-order chi connectivity index (χ0) is 23.8. The molecule has 0 atom stereocenters. The number of ether oxygens (including phenoxy) is 4. The Morgan fingerprint density at radius 1 is 0.636 bits per heavy atom. The number of carbonyl (C=O) groups is 1. The normalized spacial score (nSPS) is 10.5. The van der Waals surface area contributed by atoms with Crippen molar-refractivity contribution in [1.29, 1.82) is 0 Å². The number of carboxylic acid groups (broad SMARTS) is 1. The Hall–Kier alpha value is -3.67. The lowest BCUT2D eigenvalue weighted by Gasteiger charge is -2.16. The van der Waals surface area contributed by atoms with Gasteiger partial charge in [0, 0.05) is 0 Å². The van der Waals surface area contributed by atoms with Crippen LogP contribution in [0, 0.1) is 0 Å². The highest BCUT2D eigenvalue weighted by molar-refractivity contribution is 5.91. The summed E-state index contributed by atoms with van der Waals surface area (Å²) in [7, 11) is 6.42. The number of rotatable bonds is 11. The van der Waals surface area contributed by atoms with Gasteiger partial charge in [0.25, 0.3) is 0 Å². The zero-order valence-electron chi connectivity index (χ0n) is 19.5. The van der Waals surface area contributed by atoms with E-state index in [1.54, 1.807) is 33.5 Å². The highest BCUT2D eigenvalue weighted by Crippen LogP contribution is 2.32. The van der Waals surface area contributed by atoms with Crippen LogP contribution in [0.3, 0.4) is 0 Å². The molecule has 3 rings (SSSR count). The molecule has 0 saturated heterocycles. The second-order valence-electron chi connectivity index (χ2n) is 7.66. The highest BCUT2D eigenvalue weighted by Gasteiger charge is 2.14. The van der Waals surface area contributed by atoms with E-state index < -0.39 is 5.97 Å². The van der Waals surface area contributed by atoms with Crippen molar-refractivity contribution >= 4 is 5.97 Å². The van der Waals surface area contributed by atoms with Crippen LogP contribution in [0.25, 0.3) is 0 Å². The van der Waals surface area contributed by atoms with Gasteiger partial charge in [-0.1, -0.05) is 18.2 Å². The average molecular weight is 451 g/mol. The number of carboxylic acids is 1. The third kappa shape index (κ3) is 5.98. The van der Waals surface area contributed by atoms with Crippen LogP contribution in [-0.2, 0) is 25.7 Å². The number of aryl methyl sites for hydroxylation is 4. The summed E-state index contributed by atoms with van der Waals surface area (Å²) in [4.78, 5) is 11.4. The molecule has 174 valence electrons. The first-order valence-corrected chi connectivity index (χ1v) is 10.8. The van der Waals surface area contributed by atoms with Crippen LogP contribution >= 0.6 is 0 Å². The predicted octanol–water partition coefficient (Wildman–Crippen LogP) is 4.99. The molecule has 0 spiro atoms. The molecule has 3 aromatic carbocycles. The highest BCUT2D eigenvalue weighted by atomic mass is 16.5. The molecule has 0 fully saturated rings. The van der Waals surface area contributed by atoms with E-state index in [9.17, 15) is 9.90 Å². The third-order valence-electron chi connectivity index (χ3n) is 5.73. The Labute approximate surface area is 194 Å². The van der Waals surface area contributed by atoms with Crippen molar-refractivity contribution in [2.75, 3.05) is 28.4 Å². The minimum absolute atomic E-state index is 0.160. The lowest BCUT2D eigenvalue weighted by Crippen LogP contribution is -2.04. The molecule has 6 nitrogen and oxygen atoms in total. The summed E-state index contributed by atoms with van der Waals surface area (Å²) in [5.74, 6) is 1.61. The molecule has 0 saturated carbocycles. The van der Waals surface area contributed by atoms with Gasteiger partial charge in [0.15, 0.2) is 11.5 Å². The molecule has 0 aromatic heterocycles. The quantitative estimate of drug-likeness (QED) is 0.444. The largest absolute Gasteiger partial charge is 0.497 e. The molecule has 0 aliphatic rings. The van der Waals surface area contributed by atoms with Gasteiger partial charge < -0.3 is 24.1 Å². The van der Waals surface area contributed by atoms with E-state index in [4.69, 9.17) is 18.9 Å². The van der Waals surface area contributed by atoms with Crippen molar-refractivity contribution in [2.24, 2.45) is 0 Å². The Kier molecular flexibility index (Phi) is 8.19. The van der Waals surface area contributed by atoms with E-state index in [1.807, 2.05) is 30.3 Å². The first-order chi connectivity index (χ1) is 16.0. The van der Waals surface area contributed by atoms with E-state index in [-0.39, 0.29) is 5.56 Å². The molecular formula is C27H30O6. The molecule has 0 radical (unpaired) electrons. The van der Waals surface area contributed by atoms with E-state index in [2.05, 4.69) is 12.1 Å². The SMILES string of the molecule is COc1ccc(CCc2cc(OC)c(OC)cc2CCc2ccc(C(=O)O)c(OC)c2)cc1. The summed E-state index contributed by atoms with van der Waals surface area (Å²) in [5.41, 5.74) is 4.76. The van der Waals surface area contributed by atoms with Gasteiger partial charge in [0.1, 0.15) is 17.1 Å². The van der Waals surface area contributed by atoms with Gasteiger partial charge in [-0.25, -0.2) is 4.79 Å². The molecular weight excluding hydrogens is 420 g/mol. The number of methoxy groups -OCH3 is 4. The fourth-order valence-corrected chi connectivity index (χ4v) is 3.85. The van der Waals surface area contributed by atoms with Gasteiger partial charge in [-0.2, -0.15) is 0 Å². The van der Waals surface area contributed by atoms with Crippen LogP contribution in [-0.4, -0.2) is 39.5 Å². The van der Waals surface area contributed by atoms with E-state index in [0.717, 1.165) is 37.0 Å². The van der Waals surface area contributed by atoms with Crippen LogP contribution in [0.2, 0.25) is 0 Å². The Balaban J connectivity index is 1.82. The molecule has 0 bridgehead atoms. The van der Waals surface area contributed by atoms with Crippen molar-refractivity contribution < 1.29 is 28.8 Å². The summed E-state index contributed by atoms with van der Waals surface area (Å²) in [5, 5.41) is 9.31. The van der Waals surface area contributed by atoms with Crippen molar-refractivity contribution in [3.8, 4) is 23.0 Å². The monoisotopic (exact) mass is 450 g/mol. The molecule has 33 heavy (non-hydrogen) atoms. The van der Waals surface area contributed by atoms with Gasteiger partial charge in [-0.3, -0.25) is 0 Å². The van der Waals surface area contributed by atoms with Crippen LogP contribution in [0.1, 0.15) is 32.6 Å². The van der Waals surface area contributed by atoms with Crippen LogP contribution in [0.4, 0.5) is 0 Å². The van der Waals surface area contributed by atoms with Gasteiger partial charge in [-0.05, 0) is 84.3 Å². The maximum absolute atomic E-state index is 11.4. The van der Waals surface area contributed by atoms with Gasteiger partial charge in [0.2, 0.25) is 0 Å². The third-order valence-corrected chi connectivity index (χ3v) is 5.73. The lowest BCUT2D eigenvalue weighted by molar-refractivity contribution is 0.0693. The predicted molar refractivity (Wildman–Crippen MR) is 127 cm³/mol. The lowest BCUT2D eigenvalue weighted by atomic mass is 9.94. The van der Waals surface area contributed by atoms with E-state index in [0.29, 0.717) is 17.2 Å². The summed E-state index contributed by atoms with van der Waals surface area (Å²) in [6.07, 6.45) is 3.24. The number of benzene rings is 3. The molecule has 0 heterocycles. The molecule has 0 aliphatic carbocycles. The summed E-state index contributed by atoms with van der Waals surface area (Å²) >= 11 is 0.